The Morgan fingerprint density at radius 1 is 1.04 bits per heavy atom. The summed E-state index contributed by atoms with van der Waals surface area (Å²) < 4.78 is 0. The highest BCUT2D eigenvalue weighted by molar-refractivity contribution is 7.17. The van der Waals surface area contributed by atoms with E-state index in [1.54, 1.807) is 12.1 Å². The fourth-order valence-corrected chi connectivity index (χ4v) is 5.01. The van der Waals surface area contributed by atoms with E-state index in [1.807, 2.05) is 24.3 Å². The lowest BCUT2D eigenvalue weighted by molar-refractivity contribution is -0.929. The first-order valence-electron chi connectivity index (χ1n) is 9.30. The maximum absolute atomic E-state index is 12.5. The van der Waals surface area contributed by atoms with E-state index in [0.29, 0.717) is 16.1 Å². The molecule has 2 heterocycles. The van der Waals surface area contributed by atoms with Crippen molar-refractivity contribution >= 4 is 28.2 Å². The lowest BCUT2D eigenvalue weighted by Crippen LogP contribution is -3.10. The third-order valence-electron chi connectivity index (χ3n) is 5.04. The van der Waals surface area contributed by atoms with Crippen LogP contribution >= 0.6 is 11.3 Å². The Morgan fingerprint density at radius 2 is 1.71 bits per heavy atom. The van der Waals surface area contributed by atoms with Crippen molar-refractivity contribution in [3.8, 4) is 0 Å². The third kappa shape index (κ3) is 3.83. The number of nitrogens with two attached hydrogens (primary N) is 1. The zero-order valence-electron chi connectivity index (χ0n) is 15.4. The molecule has 0 saturated carbocycles. The number of primary amides is 1. The fourth-order valence-electron chi connectivity index (χ4n) is 3.69. The number of rotatable bonds is 5. The van der Waals surface area contributed by atoms with Crippen molar-refractivity contribution in [2.24, 2.45) is 5.73 Å². The molecule has 1 unspecified atom stereocenters. The highest BCUT2D eigenvalue weighted by Gasteiger charge is 2.29. The molecule has 0 bridgehead atoms. The lowest BCUT2D eigenvalue weighted by atomic mass is 10.0. The molecular weight excluding hydrogens is 370 g/mol. The van der Waals surface area contributed by atoms with Gasteiger partial charge >= 0.3 is 0 Å². The van der Waals surface area contributed by atoms with Gasteiger partial charge in [-0.2, -0.15) is 0 Å². The number of anilines is 1. The van der Waals surface area contributed by atoms with E-state index in [-0.39, 0.29) is 5.91 Å². The number of benzene rings is 2. The van der Waals surface area contributed by atoms with Gasteiger partial charge in [-0.15, -0.1) is 11.3 Å². The van der Waals surface area contributed by atoms with E-state index in [9.17, 15) is 9.59 Å². The molecule has 1 atom stereocenters. The average Bonchev–Trinajstić information content (AvgIpc) is 3.06. The highest BCUT2D eigenvalue weighted by atomic mass is 32.1. The van der Waals surface area contributed by atoms with Gasteiger partial charge in [0.25, 0.3) is 11.8 Å². The van der Waals surface area contributed by atoms with Crippen LogP contribution in [0.4, 0.5) is 5.00 Å². The van der Waals surface area contributed by atoms with E-state index >= 15 is 0 Å². The topological polar surface area (TPSA) is 76.6 Å². The Kier molecular flexibility index (Phi) is 5.23. The zero-order valence-corrected chi connectivity index (χ0v) is 16.2. The molecule has 4 N–H and O–H groups in total. The lowest BCUT2D eigenvalue weighted by Gasteiger charge is -2.24. The highest BCUT2D eigenvalue weighted by Crippen LogP contribution is 2.34. The van der Waals surface area contributed by atoms with Crippen LogP contribution in [0.2, 0.25) is 0 Å². The van der Waals surface area contributed by atoms with Gasteiger partial charge in [-0.25, -0.2) is 0 Å². The molecule has 5 nitrogen and oxygen atoms in total. The molecular formula is C22H22N3O2S+. The number of fused-ring (bicyclic) bond motifs is 1. The average molecular weight is 393 g/mol. The summed E-state index contributed by atoms with van der Waals surface area (Å²) in [5.41, 5.74) is 8.99. The largest absolute Gasteiger partial charge is 0.365 e. The van der Waals surface area contributed by atoms with Crippen molar-refractivity contribution in [1.29, 1.82) is 0 Å². The number of carbonyl (C=O) groups is 2. The molecule has 0 spiro atoms. The number of carbonyl (C=O) groups excluding carboxylic acids is 2. The summed E-state index contributed by atoms with van der Waals surface area (Å²) in [4.78, 5) is 27.2. The molecule has 28 heavy (non-hydrogen) atoms. The van der Waals surface area contributed by atoms with Gasteiger partial charge in [0.05, 0.1) is 17.0 Å². The van der Waals surface area contributed by atoms with Gasteiger partial charge in [-0.1, -0.05) is 48.5 Å². The first kappa shape index (κ1) is 18.4. The Bertz CT molecular complexity index is 999. The smallest absolute Gasteiger partial charge is 0.256 e. The summed E-state index contributed by atoms with van der Waals surface area (Å²) in [7, 11) is 0. The number of quaternary nitrogens is 1. The summed E-state index contributed by atoms with van der Waals surface area (Å²) in [6.45, 7) is 2.71. The number of nitrogens with one attached hydrogen (secondary N) is 2. The molecule has 3 aromatic rings. The molecule has 2 amide bonds. The van der Waals surface area contributed by atoms with Crippen molar-refractivity contribution in [2.75, 3.05) is 11.9 Å². The van der Waals surface area contributed by atoms with E-state index < -0.39 is 5.91 Å². The molecule has 0 fully saturated rings. The van der Waals surface area contributed by atoms with E-state index in [1.165, 1.54) is 21.8 Å². The number of thiophene rings is 1. The van der Waals surface area contributed by atoms with Gasteiger partial charge in [-0.05, 0) is 17.7 Å². The number of hydrogen-bond donors (Lipinski definition) is 3. The van der Waals surface area contributed by atoms with Crippen molar-refractivity contribution in [3.05, 3.63) is 87.8 Å². The van der Waals surface area contributed by atoms with Gasteiger partial charge in [-0.3, -0.25) is 9.59 Å². The Labute approximate surface area is 167 Å². The second kappa shape index (κ2) is 7.96. The van der Waals surface area contributed by atoms with Crippen LogP contribution in [-0.2, 0) is 19.5 Å². The molecule has 6 heteroatoms. The van der Waals surface area contributed by atoms with Crippen LogP contribution in [0.3, 0.4) is 0 Å². The maximum Gasteiger partial charge on any atom is 0.256 e. The van der Waals surface area contributed by atoms with Crippen molar-refractivity contribution in [1.82, 2.24) is 0 Å². The fraction of sp³-hybridized carbons (Fsp3) is 0.182. The molecule has 2 aromatic carbocycles. The second-order valence-electron chi connectivity index (χ2n) is 6.98. The predicted octanol–water partition coefficient (Wildman–Crippen LogP) is 2.24. The maximum atomic E-state index is 12.5. The summed E-state index contributed by atoms with van der Waals surface area (Å²) in [6, 6.07) is 19.4. The zero-order chi connectivity index (χ0) is 19.5. The summed E-state index contributed by atoms with van der Waals surface area (Å²) >= 11 is 1.47. The van der Waals surface area contributed by atoms with Gasteiger partial charge in [0.15, 0.2) is 0 Å². The molecule has 0 radical (unpaired) electrons. The van der Waals surface area contributed by atoms with Gasteiger partial charge in [0.2, 0.25) is 0 Å². The van der Waals surface area contributed by atoms with Gasteiger partial charge in [0.1, 0.15) is 18.1 Å². The summed E-state index contributed by atoms with van der Waals surface area (Å²) in [5, 5.41) is 3.46. The summed E-state index contributed by atoms with van der Waals surface area (Å²) in [5.74, 6) is -0.706. The van der Waals surface area contributed by atoms with Gasteiger partial charge < -0.3 is 16.0 Å². The first-order chi connectivity index (χ1) is 13.6. The molecule has 4 rings (SSSR count). The minimum absolute atomic E-state index is 0.227. The van der Waals surface area contributed by atoms with Crippen molar-refractivity contribution < 1.29 is 14.5 Å². The predicted molar refractivity (Wildman–Crippen MR) is 111 cm³/mol. The first-order valence-corrected chi connectivity index (χ1v) is 10.1. The minimum atomic E-state index is -0.479. The standard InChI is InChI=1S/C22H21N3O2S/c23-20(26)19-17-11-12-25(13-15-7-3-1-4-8-15)14-18(17)28-22(19)24-21(27)16-9-5-2-6-10-16/h1-10H,11-14H2,(H2,23,26)(H,24,27)/p+1. The van der Waals surface area contributed by atoms with Crippen LogP contribution in [-0.4, -0.2) is 18.4 Å². The Morgan fingerprint density at radius 3 is 2.39 bits per heavy atom. The Hall–Kier alpha value is -2.96. The van der Waals surface area contributed by atoms with E-state index in [2.05, 4.69) is 29.6 Å². The Balaban J connectivity index is 1.57. The van der Waals surface area contributed by atoms with Crippen LogP contribution in [0.25, 0.3) is 0 Å². The van der Waals surface area contributed by atoms with Crippen molar-refractivity contribution in [2.45, 2.75) is 19.5 Å². The minimum Gasteiger partial charge on any atom is -0.365 e. The third-order valence-corrected chi connectivity index (χ3v) is 6.18. The number of amides is 2. The van der Waals surface area contributed by atoms with Gasteiger partial charge in [0, 0.05) is 17.5 Å². The second-order valence-corrected chi connectivity index (χ2v) is 8.09. The molecule has 1 aliphatic rings. The van der Waals surface area contributed by atoms with Crippen LogP contribution in [0.1, 0.15) is 36.7 Å². The molecule has 0 aliphatic carbocycles. The van der Waals surface area contributed by atoms with E-state index in [0.717, 1.165) is 36.5 Å². The summed E-state index contributed by atoms with van der Waals surface area (Å²) in [6.07, 6.45) is 0.785. The normalized spacial score (nSPS) is 15.6. The number of hydrogen-bond acceptors (Lipinski definition) is 3. The van der Waals surface area contributed by atoms with E-state index in [4.69, 9.17) is 5.73 Å². The SMILES string of the molecule is NC(=O)c1c(NC(=O)c2ccccc2)sc2c1CC[NH+](Cc1ccccc1)C2. The monoisotopic (exact) mass is 392 g/mol. The quantitative estimate of drug-likeness (QED) is 0.623. The van der Waals surface area contributed by atoms with Crippen LogP contribution in [0.15, 0.2) is 60.7 Å². The molecule has 1 aliphatic heterocycles. The van der Waals surface area contributed by atoms with Crippen LogP contribution in [0.5, 0.6) is 0 Å². The van der Waals surface area contributed by atoms with Crippen LogP contribution < -0.4 is 16.0 Å². The molecule has 1 aromatic heterocycles. The molecule has 142 valence electrons. The van der Waals surface area contributed by atoms with Crippen molar-refractivity contribution in [3.63, 3.8) is 0 Å². The van der Waals surface area contributed by atoms with Crippen LogP contribution in [0, 0.1) is 0 Å². The molecule has 0 saturated heterocycles.